The first-order valence-electron chi connectivity index (χ1n) is 17.7. The summed E-state index contributed by atoms with van der Waals surface area (Å²) in [6.07, 6.45) is 16.5. The molecule has 0 aromatic rings. The number of hydrogen-bond acceptors (Lipinski definition) is 8. The number of amides is 1. The van der Waals surface area contributed by atoms with Crippen LogP contribution in [0, 0.1) is 46.3 Å². The van der Waals surface area contributed by atoms with Gasteiger partial charge in [0, 0.05) is 6.42 Å². The Bertz CT molecular complexity index is 981. The van der Waals surface area contributed by atoms with Gasteiger partial charge in [0.05, 0.1) is 26.7 Å². The summed E-state index contributed by atoms with van der Waals surface area (Å²) in [4.78, 5) is 15.1. The van der Waals surface area contributed by atoms with E-state index in [-0.39, 0.29) is 30.2 Å². The SMILES string of the molecule is CC(C)CCCC(C)C1CCC2C3CC=C4CC(OC(=O)N(CNC5NCN5)CNC5NCN5)CCC4(C)C3CCC12C. The summed E-state index contributed by atoms with van der Waals surface area (Å²) in [7, 11) is 0. The van der Waals surface area contributed by atoms with Gasteiger partial charge in [0.2, 0.25) is 0 Å². The van der Waals surface area contributed by atoms with Crippen molar-refractivity contribution in [2.75, 3.05) is 26.7 Å². The smallest absolute Gasteiger partial charge is 0.412 e. The van der Waals surface area contributed by atoms with E-state index >= 15 is 0 Å². The molecule has 8 atom stereocenters. The Morgan fingerprint density at radius 1 is 0.953 bits per heavy atom. The van der Waals surface area contributed by atoms with Crippen molar-refractivity contribution in [2.24, 2.45) is 46.3 Å². The molecule has 43 heavy (non-hydrogen) atoms. The van der Waals surface area contributed by atoms with Gasteiger partial charge in [-0.1, -0.05) is 65.5 Å². The zero-order valence-electron chi connectivity index (χ0n) is 27.6. The van der Waals surface area contributed by atoms with Crippen molar-refractivity contribution in [3.63, 3.8) is 0 Å². The fourth-order valence-corrected chi connectivity index (χ4v) is 10.3. The first-order valence-corrected chi connectivity index (χ1v) is 17.7. The summed E-state index contributed by atoms with van der Waals surface area (Å²) >= 11 is 0. The van der Waals surface area contributed by atoms with E-state index in [2.05, 4.69) is 72.6 Å². The van der Waals surface area contributed by atoms with E-state index in [1.54, 1.807) is 10.5 Å². The highest BCUT2D eigenvalue weighted by molar-refractivity contribution is 5.67. The van der Waals surface area contributed by atoms with E-state index in [1.807, 2.05) is 0 Å². The Morgan fingerprint density at radius 2 is 1.65 bits per heavy atom. The third-order valence-corrected chi connectivity index (χ3v) is 13.0. The van der Waals surface area contributed by atoms with Gasteiger partial charge in [-0.05, 0) is 91.3 Å². The minimum absolute atomic E-state index is 0.0339. The lowest BCUT2D eigenvalue weighted by molar-refractivity contribution is -0.0596. The van der Waals surface area contributed by atoms with Crippen LogP contribution in [0.2, 0.25) is 0 Å². The molecule has 2 aliphatic heterocycles. The van der Waals surface area contributed by atoms with Crippen molar-refractivity contribution in [3.05, 3.63) is 11.6 Å². The van der Waals surface area contributed by atoms with Gasteiger partial charge in [-0.25, -0.2) is 4.79 Å². The number of nitrogens with zero attached hydrogens (tertiary/aromatic N) is 1. The predicted molar refractivity (Wildman–Crippen MR) is 171 cm³/mol. The van der Waals surface area contributed by atoms with Crippen LogP contribution in [-0.4, -0.2) is 56.4 Å². The number of fused-ring (bicyclic) bond motifs is 5. The second-order valence-electron chi connectivity index (χ2n) is 15.8. The number of carbonyl (C=O) groups excluding carboxylic acids is 1. The molecule has 0 radical (unpaired) electrons. The van der Waals surface area contributed by atoms with Gasteiger partial charge < -0.3 is 4.74 Å². The summed E-state index contributed by atoms with van der Waals surface area (Å²) in [5.74, 6) is 5.07. The molecule has 8 unspecified atom stereocenters. The van der Waals surface area contributed by atoms with Crippen molar-refractivity contribution in [3.8, 4) is 0 Å². The first-order chi connectivity index (χ1) is 20.7. The number of allylic oxidation sites excluding steroid dienone is 1. The van der Waals surface area contributed by atoms with Crippen LogP contribution in [0.4, 0.5) is 4.79 Å². The van der Waals surface area contributed by atoms with Gasteiger partial charge in [0.1, 0.15) is 18.7 Å². The number of hydrogen-bond donors (Lipinski definition) is 6. The second-order valence-corrected chi connectivity index (χ2v) is 15.8. The molecule has 3 saturated carbocycles. The highest BCUT2D eigenvalue weighted by Gasteiger charge is 2.59. The molecule has 0 aromatic carbocycles. The van der Waals surface area contributed by atoms with Crippen LogP contribution in [0.15, 0.2) is 11.6 Å². The highest BCUT2D eigenvalue weighted by atomic mass is 16.6. The molecule has 2 heterocycles. The largest absolute Gasteiger partial charge is 0.446 e. The molecule has 0 bridgehead atoms. The van der Waals surface area contributed by atoms with Crippen molar-refractivity contribution >= 4 is 6.09 Å². The van der Waals surface area contributed by atoms with Gasteiger partial charge in [-0.15, -0.1) is 0 Å². The van der Waals surface area contributed by atoms with Crippen LogP contribution in [0.1, 0.15) is 105 Å². The molecule has 6 rings (SSSR count). The zero-order valence-corrected chi connectivity index (χ0v) is 27.6. The number of carbonyl (C=O) groups is 1. The number of ether oxygens (including phenoxy) is 1. The lowest BCUT2D eigenvalue weighted by Crippen LogP contribution is -2.69. The van der Waals surface area contributed by atoms with Crippen molar-refractivity contribution in [1.29, 1.82) is 0 Å². The Hall–Kier alpha value is -1.23. The van der Waals surface area contributed by atoms with Gasteiger partial charge in [0.25, 0.3) is 0 Å². The van der Waals surface area contributed by atoms with E-state index in [9.17, 15) is 4.79 Å². The quantitative estimate of drug-likeness (QED) is 0.141. The Balaban J connectivity index is 1.06. The van der Waals surface area contributed by atoms with Crippen molar-refractivity contribution in [1.82, 2.24) is 36.8 Å². The van der Waals surface area contributed by atoms with Crippen LogP contribution < -0.4 is 31.9 Å². The third-order valence-electron chi connectivity index (χ3n) is 13.0. The zero-order chi connectivity index (χ0) is 30.2. The molecule has 0 aromatic heterocycles. The molecule has 4 aliphatic carbocycles. The average molecular weight is 600 g/mol. The Morgan fingerprint density at radius 3 is 2.28 bits per heavy atom. The van der Waals surface area contributed by atoms with Crippen molar-refractivity contribution < 1.29 is 9.53 Å². The molecule has 9 heteroatoms. The van der Waals surface area contributed by atoms with Gasteiger partial charge in [-0.2, -0.15) is 0 Å². The molecule has 0 spiro atoms. The van der Waals surface area contributed by atoms with Gasteiger partial charge in [0.15, 0.2) is 0 Å². The Labute approximate surface area is 260 Å². The van der Waals surface area contributed by atoms with E-state index in [1.165, 1.54) is 51.4 Å². The molecular formula is C34H61N7O2. The fraction of sp³-hybridized carbons (Fsp3) is 0.912. The lowest BCUT2D eigenvalue weighted by atomic mass is 9.47. The van der Waals surface area contributed by atoms with Crippen LogP contribution in [0.3, 0.4) is 0 Å². The summed E-state index contributed by atoms with van der Waals surface area (Å²) < 4.78 is 6.21. The standard InChI is InChI=1S/C34H61N7O2/c1-22(2)7-6-8-23(3)27-11-12-28-26-10-9-24-17-25(13-15-33(24,4)29(26)14-16-34(27,28)5)43-32(42)41(20-39-30-35-18-36-30)21-40-31-37-19-38-31/h9,22-23,25-31,35-40H,6-8,10-21H2,1-5H3. The Kier molecular flexibility index (Phi) is 9.78. The molecule has 1 amide bonds. The molecule has 244 valence electrons. The van der Waals surface area contributed by atoms with Crippen LogP contribution in [0.5, 0.6) is 0 Å². The minimum Gasteiger partial charge on any atom is -0.446 e. The van der Waals surface area contributed by atoms with E-state index < -0.39 is 0 Å². The van der Waals surface area contributed by atoms with Gasteiger partial charge >= 0.3 is 6.09 Å². The summed E-state index contributed by atoms with van der Waals surface area (Å²) in [6.45, 7) is 15.0. The second kappa shape index (κ2) is 13.2. The average Bonchev–Trinajstić information content (AvgIpc) is 3.27. The molecular weight excluding hydrogens is 538 g/mol. The topological polar surface area (TPSA) is 102 Å². The summed E-state index contributed by atoms with van der Waals surface area (Å²) in [6, 6.07) is 0. The van der Waals surface area contributed by atoms with E-state index in [4.69, 9.17) is 4.74 Å². The number of nitrogens with one attached hydrogen (secondary N) is 6. The highest BCUT2D eigenvalue weighted by Crippen LogP contribution is 2.67. The maximum Gasteiger partial charge on any atom is 0.412 e. The minimum atomic E-state index is -0.241. The van der Waals surface area contributed by atoms with Crippen LogP contribution in [0.25, 0.3) is 0 Å². The molecule has 2 saturated heterocycles. The molecule has 6 N–H and O–H groups in total. The van der Waals surface area contributed by atoms with Crippen LogP contribution >= 0.6 is 0 Å². The maximum atomic E-state index is 13.4. The molecule has 5 fully saturated rings. The summed E-state index contributed by atoms with van der Waals surface area (Å²) in [5.41, 5.74) is 2.36. The van der Waals surface area contributed by atoms with E-state index in [0.717, 1.165) is 68.1 Å². The van der Waals surface area contributed by atoms with Crippen molar-refractivity contribution in [2.45, 2.75) is 124 Å². The fourth-order valence-electron chi connectivity index (χ4n) is 10.3. The van der Waals surface area contributed by atoms with Gasteiger partial charge in [-0.3, -0.25) is 36.8 Å². The number of rotatable bonds is 12. The normalized spacial score (nSPS) is 38.3. The molecule has 9 nitrogen and oxygen atoms in total. The molecule has 6 aliphatic rings. The predicted octanol–water partition coefficient (Wildman–Crippen LogP) is 4.80. The van der Waals surface area contributed by atoms with Crippen LogP contribution in [-0.2, 0) is 4.74 Å². The monoisotopic (exact) mass is 599 g/mol. The summed E-state index contributed by atoms with van der Waals surface area (Å²) in [5, 5.41) is 19.7. The first kappa shape index (κ1) is 31.7. The van der Waals surface area contributed by atoms with E-state index in [0.29, 0.717) is 18.8 Å². The lowest BCUT2D eigenvalue weighted by Gasteiger charge is -2.58. The third kappa shape index (κ3) is 6.54. The maximum absolute atomic E-state index is 13.4.